The zero-order chi connectivity index (χ0) is 19.0. The van der Waals surface area contributed by atoms with E-state index in [0.29, 0.717) is 41.7 Å². The van der Waals surface area contributed by atoms with E-state index in [2.05, 4.69) is 10.1 Å². The van der Waals surface area contributed by atoms with Crippen molar-refractivity contribution in [3.05, 3.63) is 69.8 Å². The number of hydrogen-bond acceptors (Lipinski definition) is 4. The number of carbonyl (C=O) groups is 1. The first-order chi connectivity index (χ1) is 13.0. The van der Waals surface area contributed by atoms with E-state index in [0.717, 1.165) is 5.56 Å². The van der Waals surface area contributed by atoms with Gasteiger partial charge in [0.05, 0.1) is 5.02 Å². The second kappa shape index (κ2) is 7.29. The monoisotopic (exact) mass is 405 g/mol. The number of amides is 1. The largest absolute Gasteiger partial charge is 0.337 e. The molecule has 0 spiro atoms. The minimum atomic E-state index is -0.516. The quantitative estimate of drug-likeness (QED) is 0.609. The molecule has 8 heteroatoms. The van der Waals surface area contributed by atoms with Gasteiger partial charge >= 0.3 is 0 Å². The number of carbonyl (C=O) groups excluding carboxylic acids is 1. The Bertz CT molecular complexity index is 1010. The first-order valence-corrected chi connectivity index (χ1v) is 9.10. The first-order valence-electron chi connectivity index (χ1n) is 8.34. The molecule has 1 amide bonds. The molecule has 1 aliphatic rings. The minimum absolute atomic E-state index is 0.0162. The highest BCUT2D eigenvalue weighted by Crippen LogP contribution is 2.34. The summed E-state index contributed by atoms with van der Waals surface area (Å²) >= 11 is 11.9. The summed E-state index contributed by atoms with van der Waals surface area (Å²) in [6.45, 7) is 0.407. The molecule has 5 nitrogen and oxygen atoms in total. The highest BCUT2D eigenvalue weighted by Gasteiger charge is 2.36. The van der Waals surface area contributed by atoms with E-state index in [1.807, 2.05) is 18.2 Å². The highest BCUT2D eigenvalue weighted by molar-refractivity contribution is 6.31. The zero-order valence-electron chi connectivity index (χ0n) is 14.0. The Hall–Kier alpha value is -2.44. The predicted octanol–water partition coefficient (Wildman–Crippen LogP) is 5.05. The third-order valence-electron chi connectivity index (χ3n) is 4.47. The molecule has 2 aromatic carbocycles. The van der Waals surface area contributed by atoms with Gasteiger partial charge in [0.1, 0.15) is 11.9 Å². The molecule has 138 valence electrons. The second-order valence-electron chi connectivity index (χ2n) is 6.29. The summed E-state index contributed by atoms with van der Waals surface area (Å²) in [5.41, 5.74) is 1.47. The zero-order valence-corrected chi connectivity index (χ0v) is 15.5. The van der Waals surface area contributed by atoms with Gasteiger partial charge in [0, 0.05) is 23.6 Å². The predicted molar refractivity (Wildman–Crippen MR) is 98.7 cm³/mol. The molecule has 0 radical (unpaired) electrons. The van der Waals surface area contributed by atoms with Crippen molar-refractivity contribution in [1.29, 1.82) is 0 Å². The molecule has 2 heterocycles. The molecule has 0 aliphatic carbocycles. The Morgan fingerprint density at radius 3 is 2.85 bits per heavy atom. The van der Waals surface area contributed by atoms with Crippen LogP contribution in [-0.4, -0.2) is 20.9 Å². The number of rotatable bonds is 4. The third-order valence-corrected chi connectivity index (χ3v) is 5.00. The topological polar surface area (TPSA) is 59.2 Å². The van der Waals surface area contributed by atoms with Crippen molar-refractivity contribution < 1.29 is 13.7 Å². The van der Waals surface area contributed by atoms with E-state index < -0.39 is 5.82 Å². The fraction of sp³-hybridized carbons (Fsp3) is 0.211. The molecule has 3 aromatic rings. The average molecular weight is 406 g/mol. The number of nitrogens with zero attached hydrogens (tertiary/aromatic N) is 3. The lowest BCUT2D eigenvalue weighted by molar-refractivity contribution is -0.129. The lowest BCUT2D eigenvalue weighted by atomic mass is 10.1. The van der Waals surface area contributed by atoms with Gasteiger partial charge in [0.25, 0.3) is 0 Å². The van der Waals surface area contributed by atoms with Crippen molar-refractivity contribution in [3.8, 4) is 11.4 Å². The standard InChI is InChI=1S/C19H14Cl2FN3O2/c20-13-3-1-2-11(8-13)10-25-16(6-7-17(25)26)19-23-18(24-27-19)12-4-5-15(22)14(21)9-12/h1-5,8-9,16H,6-7,10H2. The van der Waals surface area contributed by atoms with Crippen LogP contribution < -0.4 is 0 Å². The summed E-state index contributed by atoms with van der Waals surface area (Å²) in [4.78, 5) is 18.5. The molecule has 1 aromatic heterocycles. The fourth-order valence-corrected chi connectivity index (χ4v) is 3.54. The van der Waals surface area contributed by atoms with E-state index in [1.54, 1.807) is 11.0 Å². The van der Waals surface area contributed by atoms with Crippen LogP contribution in [0.1, 0.15) is 30.3 Å². The number of halogens is 3. The van der Waals surface area contributed by atoms with Crippen LogP contribution in [0.15, 0.2) is 47.0 Å². The second-order valence-corrected chi connectivity index (χ2v) is 7.13. The maximum absolute atomic E-state index is 13.3. The maximum Gasteiger partial charge on any atom is 0.249 e. The highest BCUT2D eigenvalue weighted by atomic mass is 35.5. The van der Waals surface area contributed by atoms with Crippen LogP contribution in [0.25, 0.3) is 11.4 Å². The lowest BCUT2D eigenvalue weighted by Crippen LogP contribution is -2.27. The van der Waals surface area contributed by atoms with Gasteiger partial charge in [-0.15, -0.1) is 0 Å². The van der Waals surface area contributed by atoms with Gasteiger partial charge < -0.3 is 9.42 Å². The summed E-state index contributed by atoms with van der Waals surface area (Å²) in [6.07, 6.45) is 0.997. The number of hydrogen-bond donors (Lipinski definition) is 0. The van der Waals surface area contributed by atoms with Gasteiger partial charge in [0.2, 0.25) is 17.6 Å². The molecule has 1 atom stereocenters. The first kappa shape index (κ1) is 17.9. The fourth-order valence-electron chi connectivity index (χ4n) is 3.14. The average Bonchev–Trinajstić information content (AvgIpc) is 3.25. The Labute approximate surface area is 164 Å². The maximum atomic E-state index is 13.3. The van der Waals surface area contributed by atoms with E-state index in [1.165, 1.54) is 18.2 Å². The van der Waals surface area contributed by atoms with Crippen molar-refractivity contribution in [2.24, 2.45) is 0 Å². The van der Waals surface area contributed by atoms with Crippen LogP contribution in [0.5, 0.6) is 0 Å². The Morgan fingerprint density at radius 2 is 2.07 bits per heavy atom. The molecule has 0 bridgehead atoms. The van der Waals surface area contributed by atoms with Crippen LogP contribution in [0.2, 0.25) is 10.0 Å². The van der Waals surface area contributed by atoms with Crippen molar-refractivity contribution >= 4 is 29.1 Å². The summed E-state index contributed by atoms with van der Waals surface area (Å²) in [7, 11) is 0. The van der Waals surface area contributed by atoms with Crippen LogP contribution in [-0.2, 0) is 11.3 Å². The molecule has 0 N–H and O–H groups in total. The van der Waals surface area contributed by atoms with Crippen molar-refractivity contribution in [1.82, 2.24) is 15.0 Å². The number of likely N-dealkylation sites (tertiary alicyclic amines) is 1. The van der Waals surface area contributed by atoms with Crippen molar-refractivity contribution in [3.63, 3.8) is 0 Å². The van der Waals surface area contributed by atoms with Crippen LogP contribution in [0.4, 0.5) is 4.39 Å². The normalized spacial score (nSPS) is 16.9. The van der Waals surface area contributed by atoms with E-state index in [4.69, 9.17) is 27.7 Å². The van der Waals surface area contributed by atoms with Gasteiger partial charge in [-0.05, 0) is 42.3 Å². The van der Waals surface area contributed by atoms with Gasteiger partial charge in [-0.2, -0.15) is 4.98 Å². The molecular weight excluding hydrogens is 392 g/mol. The third kappa shape index (κ3) is 3.68. The summed E-state index contributed by atoms with van der Waals surface area (Å²) in [5, 5.41) is 4.55. The van der Waals surface area contributed by atoms with E-state index in [-0.39, 0.29) is 17.0 Å². The van der Waals surface area contributed by atoms with Crippen LogP contribution >= 0.6 is 23.2 Å². The van der Waals surface area contributed by atoms with E-state index >= 15 is 0 Å². The Kier molecular flexibility index (Phi) is 4.85. The van der Waals surface area contributed by atoms with Crippen molar-refractivity contribution in [2.75, 3.05) is 0 Å². The van der Waals surface area contributed by atoms with Gasteiger partial charge in [-0.1, -0.05) is 40.5 Å². The van der Waals surface area contributed by atoms with Gasteiger partial charge in [-0.25, -0.2) is 4.39 Å². The van der Waals surface area contributed by atoms with E-state index in [9.17, 15) is 9.18 Å². The van der Waals surface area contributed by atoms with Crippen LogP contribution in [0, 0.1) is 5.82 Å². The molecule has 1 unspecified atom stereocenters. The molecule has 0 saturated carbocycles. The molecule has 27 heavy (non-hydrogen) atoms. The van der Waals surface area contributed by atoms with Crippen LogP contribution in [0.3, 0.4) is 0 Å². The smallest absolute Gasteiger partial charge is 0.249 e. The SMILES string of the molecule is O=C1CCC(c2nc(-c3ccc(F)c(Cl)c3)no2)N1Cc1cccc(Cl)c1. The minimum Gasteiger partial charge on any atom is -0.337 e. The van der Waals surface area contributed by atoms with Gasteiger partial charge in [0.15, 0.2) is 0 Å². The Balaban J connectivity index is 1.59. The van der Waals surface area contributed by atoms with Gasteiger partial charge in [-0.3, -0.25) is 4.79 Å². The summed E-state index contributed by atoms with van der Waals surface area (Å²) < 4.78 is 18.7. The molecular formula is C19H14Cl2FN3O2. The number of aromatic nitrogens is 2. The number of benzene rings is 2. The van der Waals surface area contributed by atoms with Crippen molar-refractivity contribution in [2.45, 2.75) is 25.4 Å². The molecule has 1 saturated heterocycles. The Morgan fingerprint density at radius 1 is 1.22 bits per heavy atom. The molecule has 1 fully saturated rings. The summed E-state index contributed by atoms with van der Waals surface area (Å²) in [5.74, 6) is 0.148. The molecule has 1 aliphatic heterocycles. The molecule has 4 rings (SSSR count). The lowest BCUT2D eigenvalue weighted by Gasteiger charge is -2.22. The summed E-state index contributed by atoms with van der Waals surface area (Å²) in [6, 6.07) is 11.3.